The molecular weight excluding hydrogens is 685 g/mol. The van der Waals surface area contributed by atoms with Gasteiger partial charge in [0, 0.05) is 34.2 Å². The number of carbonyl (C=O) groups excluding carboxylic acids is 4. The second-order valence-electron chi connectivity index (χ2n) is 15.0. The van der Waals surface area contributed by atoms with Gasteiger partial charge in [-0.3, -0.25) is 19.2 Å². The molecule has 1 aromatic carbocycles. The van der Waals surface area contributed by atoms with Crippen molar-refractivity contribution in [3.05, 3.63) is 35.6 Å². The summed E-state index contributed by atoms with van der Waals surface area (Å²) in [6.07, 6.45) is 0.190. The van der Waals surface area contributed by atoms with Crippen LogP contribution >= 0.6 is 0 Å². The van der Waals surface area contributed by atoms with Crippen molar-refractivity contribution >= 4 is 29.6 Å². The van der Waals surface area contributed by atoms with Crippen LogP contribution in [0, 0.1) is 29.5 Å². The van der Waals surface area contributed by atoms with E-state index in [0.29, 0.717) is 25.8 Å². The maximum Gasteiger partial charge on any atom is 0.326 e. The van der Waals surface area contributed by atoms with E-state index in [2.05, 4.69) is 16.0 Å². The minimum Gasteiger partial charge on any atom is -0.480 e. The highest BCUT2D eigenvalue weighted by Gasteiger charge is 2.43. The van der Waals surface area contributed by atoms with Crippen LogP contribution in [-0.4, -0.2) is 122 Å². The number of aliphatic carboxylic acids is 1. The summed E-state index contributed by atoms with van der Waals surface area (Å²) in [6, 6.07) is 2.18. The van der Waals surface area contributed by atoms with E-state index < -0.39 is 66.0 Å². The molecule has 13 nitrogen and oxygen atoms in total. The van der Waals surface area contributed by atoms with E-state index in [4.69, 9.17) is 9.47 Å². The number of likely N-dealkylation sites (N-methyl/N-ethyl adjacent to an activating group) is 2. The molecule has 4 N–H and O–H groups in total. The number of methoxy groups -OCH3 is 2. The number of carboxylic acid groups (broad SMARTS) is 1. The molecule has 0 saturated carbocycles. The van der Waals surface area contributed by atoms with E-state index in [1.165, 1.54) is 32.4 Å². The summed E-state index contributed by atoms with van der Waals surface area (Å²) in [5, 5.41) is 18.4. The Hall–Kier alpha value is -3.62. The van der Waals surface area contributed by atoms with Gasteiger partial charge in [0.1, 0.15) is 17.9 Å². The highest BCUT2D eigenvalue weighted by molar-refractivity contribution is 5.90. The summed E-state index contributed by atoms with van der Waals surface area (Å²) in [7, 11) is 6.36. The maximum absolute atomic E-state index is 14.3. The van der Waals surface area contributed by atoms with Gasteiger partial charge in [0.25, 0.3) is 0 Å². The Morgan fingerprint density at radius 1 is 0.962 bits per heavy atom. The molecule has 1 fully saturated rings. The van der Waals surface area contributed by atoms with Crippen LogP contribution in [0.2, 0.25) is 0 Å². The Morgan fingerprint density at radius 3 is 2.09 bits per heavy atom. The minimum absolute atomic E-state index is 0.00844. The van der Waals surface area contributed by atoms with Gasteiger partial charge in [-0.1, -0.05) is 73.1 Å². The molecular formula is C39H64FN5O8. The van der Waals surface area contributed by atoms with E-state index >= 15 is 0 Å². The number of amides is 4. The first-order valence-corrected chi connectivity index (χ1v) is 18.8. The van der Waals surface area contributed by atoms with Crippen molar-refractivity contribution in [2.75, 3.05) is 34.9 Å². The molecule has 9 atom stereocenters. The van der Waals surface area contributed by atoms with Crippen LogP contribution < -0.4 is 16.0 Å². The van der Waals surface area contributed by atoms with Gasteiger partial charge < -0.3 is 40.3 Å². The molecule has 1 aromatic rings. The van der Waals surface area contributed by atoms with Crippen molar-refractivity contribution in [1.82, 2.24) is 25.8 Å². The molecule has 0 spiro atoms. The van der Waals surface area contributed by atoms with Crippen LogP contribution in [0.3, 0.4) is 0 Å². The zero-order valence-corrected chi connectivity index (χ0v) is 33.5. The summed E-state index contributed by atoms with van der Waals surface area (Å²) in [6.45, 7) is 13.7. The van der Waals surface area contributed by atoms with Crippen LogP contribution in [0.15, 0.2) is 24.3 Å². The van der Waals surface area contributed by atoms with Crippen molar-refractivity contribution in [1.29, 1.82) is 0 Å². The zero-order valence-electron chi connectivity index (χ0n) is 33.5. The first-order valence-electron chi connectivity index (χ1n) is 18.8. The number of likely N-dealkylation sites (tertiary alicyclic amines) is 1. The molecule has 0 aliphatic carbocycles. The lowest BCUT2D eigenvalue weighted by atomic mass is 9.89. The summed E-state index contributed by atoms with van der Waals surface area (Å²) in [5.41, 5.74) is 0.164. The predicted molar refractivity (Wildman–Crippen MR) is 200 cm³/mol. The monoisotopic (exact) mass is 749 g/mol. The molecule has 0 aromatic heterocycles. The molecule has 1 aliphatic heterocycles. The molecule has 1 aliphatic rings. The Bertz CT molecular complexity index is 1380. The predicted octanol–water partition coefficient (Wildman–Crippen LogP) is 3.24. The number of ether oxygens (including phenoxy) is 2. The average Bonchev–Trinajstić information content (AvgIpc) is 3.60. The van der Waals surface area contributed by atoms with E-state index in [0.717, 1.165) is 0 Å². The van der Waals surface area contributed by atoms with Crippen LogP contribution in [0.1, 0.15) is 79.7 Å². The van der Waals surface area contributed by atoms with Crippen molar-refractivity contribution in [3.8, 4) is 0 Å². The number of carboxylic acids is 1. The molecule has 300 valence electrons. The topological polar surface area (TPSA) is 167 Å². The van der Waals surface area contributed by atoms with Gasteiger partial charge in [-0.05, 0) is 49.3 Å². The SMILES string of the molecule is CC[C@H](C)C([C@@H](CC(=O)N1CCC[C@H]1[C@H](OC)[C@@H](C)C(=O)N[C@@H](Cc1ccccc1F)C(=O)O)OC)N(C)C(=O)[C@@H](NC(=O)[C@@H](NC)C(C)C)C(C)C. The second kappa shape index (κ2) is 21.3. The molecule has 53 heavy (non-hydrogen) atoms. The minimum atomic E-state index is -1.37. The van der Waals surface area contributed by atoms with E-state index in [-0.39, 0.29) is 53.9 Å². The van der Waals surface area contributed by atoms with Crippen molar-refractivity contribution < 1.29 is 42.9 Å². The van der Waals surface area contributed by atoms with Gasteiger partial charge in [0.05, 0.1) is 42.7 Å². The number of hydrogen-bond donors (Lipinski definition) is 4. The maximum atomic E-state index is 14.3. The number of halogens is 1. The molecule has 2 rings (SSSR count). The number of nitrogens with one attached hydrogen (secondary N) is 3. The standard InChI is InChI=1S/C39H64FN5O8/c1-12-24(6)34(44(9)38(49)33(23(4)5)43-37(48)32(41-8)22(2)3)30(52-10)21-31(46)45-19-15-18-29(45)35(53-11)25(7)36(47)42-28(39(50)51)20-26-16-13-14-17-27(26)40/h13-14,16-17,22-25,28-30,32-35,41H,12,15,18-21H2,1-11H3,(H,42,47)(H,43,48)(H,50,51)/t24-,25+,28-,29-,30+,32-,33-,34?,35+/m0/s1. The smallest absolute Gasteiger partial charge is 0.326 e. The summed E-state index contributed by atoms with van der Waals surface area (Å²) < 4.78 is 26.1. The fourth-order valence-electron chi connectivity index (χ4n) is 7.44. The first kappa shape index (κ1) is 45.5. The van der Waals surface area contributed by atoms with E-state index in [1.807, 2.05) is 41.5 Å². The summed E-state index contributed by atoms with van der Waals surface area (Å²) in [5.74, 6) is -4.34. The summed E-state index contributed by atoms with van der Waals surface area (Å²) >= 11 is 0. The second-order valence-corrected chi connectivity index (χ2v) is 15.0. The third-order valence-corrected chi connectivity index (χ3v) is 10.7. The normalized spacial score (nSPS) is 19.1. The molecule has 1 saturated heterocycles. The lowest BCUT2D eigenvalue weighted by molar-refractivity contribution is -0.148. The zero-order chi connectivity index (χ0) is 40.2. The average molecular weight is 750 g/mol. The lowest BCUT2D eigenvalue weighted by Gasteiger charge is -2.41. The first-order chi connectivity index (χ1) is 24.9. The van der Waals surface area contributed by atoms with E-state index in [9.17, 15) is 33.5 Å². The number of nitrogens with zero attached hydrogens (tertiary/aromatic N) is 2. The highest BCUT2D eigenvalue weighted by atomic mass is 19.1. The number of rotatable bonds is 21. The lowest BCUT2D eigenvalue weighted by Crippen LogP contribution is -2.59. The van der Waals surface area contributed by atoms with E-state index in [1.54, 1.807) is 36.9 Å². The molecule has 1 heterocycles. The van der Waals surface area contributed by atoms with Gasteiger partial charge in [0.15, 0.2) is 0 Å². The van der Waals surface area contributed by atoms with Crippen molar-refractivity contribution in [3.63, 3.8) is 0 Å². The summed E-state index contributed by atoms with van der Waals surface area (Å²) in [4.78, 5) is 70.2. The van der Waals surface area contributed by atoms with Crippen molar-refractivity contribution in [2.45, 2.75) is 123 Å². The molecule has 14 heteroatoms. The van der Waals surface area contributed by atoms with Gasteiger partial charge in [0.2, 0.25) is 23.6 Å². The van der Waals surface area contributed by atoms with Gasteiger partial charge in [-0.15, -0.1) is 0 Å². The fraction of sp³-hybridized carbons (Fsp3) is 0.718. The Morgan fingerprint density at radius 2 is 1.58 bits per heavy atom. The molecule has 4 amide bonds. The van der Waals surface area contributed by atoms with Crippen LogP contribution in [0.4, 0.5) is 4.39 Å². The highest BCUT2D eigenvalue weighted by Crippen LogP contribution is 2.30. The number of carbonyl (C=O) groups is 5. The largest absolute Gasteiger partial charge is 0.480 e. The Labute approximate surface area is 315 Å². The van der Waals surface area contributed by atoms with Gasteiger partial charge >= 0.3 is 5.97 Å². The molecule has 0 bridgehead atoms. The van der Waals surface area contributed by atoms with Crippen LogP contribution in [0.25, 0.3) is 0 Å². The fourth-order valence-corrected chi connectivity index (χ4v) is 7.44. The Balaban J connectivity index is 2.27. The van der Waals surface area contributed by atoms with Crippen LogP contribution in [0.5, 0.6) is 0 Å². The third-order valence-electron chi connectivity index (χ3n) is 10.7. The quantitative estimate of drug-likeness (QED) is 0.148. The van der Waals surface area contributed by atoms with Gasteiger partial charge in [-0.2, -0.15) is 0 Å². The molecule has 1 unspecified atom stereocenters. The Kier molecular flexibility index (Phi) is 18.3. The van der Waals surface area contributed by atoms with Crippen molar-refractivity contribution in [2.24, 2.45) is 23.7 Å². The third kappa shape index (κ3) is 11.9. The van der Waals surface area contributed by atoms with Crippen LogP contribution in [-0.2, 0) is 39.9 Å². The molecule has 0 radical (unpaired) electrons. The number of hydrogen-bond acceptors (Lipinski definition) is 8. The number of benzene rings is 1. The van der Waals surface area contributed by atoms with Gasteiger partial charge in [-0.25, -0.2) is 9.18 Å².